The van der Waals surface area contributed by atoms with Gasteiger partial charge in [-0.2, -0.15) is 4.98 Å². The highest BCUT2D eigenvalue weighted by Gasteiger charge is 2.26. The number of aromatic nitrogens is 2. The normalized spacial score (nSPS) is 15.9. The van der Waals surface area contributed by atoms with Crippen LogP contribution in [-0.2, 0) is 5.41 Å². The summed E-state index contributed by atoms with van der Waals surface area (Å²) >= 11 is 0. The fourth-order valence-corrected chi connectivity index (χ4v) is 4.21. The number of hydrogen-bond acceptors (Lipinski definition) is 4. The Morgan fingerprint density at radius 1 is 0.829 bits per heavy atom. The molecule has 0 fully saturated rings. The fourth-order valence-electron chi connectivity index (χ4n) is 4.21. The summed E-state index contributed by atoms with van der Waals surface area (Å²) in [6.07, 6.45) is 0.882. The molecule has 3 aromatic carbocycles. The van der Waals surface area contributed by atoms with Crippen LogP contribution >= 0.6 is 0 Å². The number of nitrogens with zero attached hydrogens (tertiary/aromatic N) is 3. The fraction of sp³-hybridized carbons (Fsp3) is 0.250. The highest BCUT2D eigenvalue weighted by Crippen LogP contribution is 2.35. The van der Waals surface area contributed by atoms with Gasteiger partial charge in [0.05, 0.1) is 11.6 Å². The van der Waals surface area contributed by atoms with Crippen molar-refractivity contribution < 1.29 is 17.7 Å². The topological polar surface area (TPSA) is 51.3 Å². The number of halogens is 3. The minimum absolute atomic E-state index is 0.122. The second kappa shape index (κ2) is 8.80. The van der Waals surface area contributed by atoms with Gasteiger partial charge >= 0.3 is 0 Å². The summed E-state index contributed by atoms with van der Waals surface area (Å²) in [5, 5.41) is 4.06. The first kappa shape index (κ1) is 23.0. The largest absolute Gasteiger partial charge is 0.338 e. The average Bonchev–Trinajstić information content (AvgIpc) is 3.50. The molecule has 0 aliphatic carbocycles. The molecule has 1 aliphatic rings. The Balaban J connectivity index is 1.37. The standard InChI is InChI=1S/C28H24F3N3O/c1-28(2,3)27-33-26(34-35-27)17-9-7-16(8-10-17)18-11-12-19(22(31)15-18)23-13-14-24(32-23)25-20(29)5-4-6-21(25)30/h4-12,15,23H,13-14H2,1-3H3. The summed E-state index contributed by atoms with van der Waals surface area (Å²) < 4.78 is 48.7. The van der Waals surface area contributed by atoms with E-state index in [4.69, 9.17) is 4.52 Å². The zero-order valence-corrected chi connectivity index (χ0v) is 19.6. The van der Waals surface area contributed by atoms with Crippen LogP contribution in [0.5, 0.6) is 0 Å². The maximum atomic E-state index is 15.1. The SMILES string of the molecule is CC(C)(C)c1nc(-c2ccc(-c3ccc(C4CCC(c5c(F)cccc5F)=N4)c(F)c3)cc2)no1. The third-order valence-electron chi connectivity index (χ3n) is 6.12. The van der Waals surface area contributed by atoms with E-state index >= 15 is 4.39 Å². The van der Waals surface area contributed by atoms with Crippen LogP contribution in [0.4, 0.5) is 13.2 Å². The maximum absolute atomic E-state index is 15.1. The molecule has 178 valence electrons. The first-order valence-electron chi connectivity index (χ1n) is 11.5. The van der Waals surface area contributed by atoms with Gasteiger partial charge < -0.3 is 4.52 Å². The molecule has 0 saturated carbocycles. The summed E-state index contributed by atoms with van der Waals surface area (Å²) in [7, 11) is 0. The van der Waals surface area contributed by atoms with Gasteiger partial charge in [0.1, 0.15) is 17.5 Å². The predicted octanol–water partition coefficient (Wildman–Crippen LogP) is 7.44. The van der Waals surface area contributed by atoms with Crippen molar-refractivity contribution in [3.63, 3.8) is 0 Å². The molecule has 0 radical (unpaired) electrons. The highest BCUT2D eigenvalue weighted by atomic mass is 19.1. The van der Waals surface area contributed by atoms with Crippen molar-refractivity contribution in [2.24, 2.45) is 4.99 Å². The van der Waals surface area contributed by atoms with Crippen molar-refractivity contribution >= 4 is 5.71 Å². The van der Waals surface area contributed by atoms with Gasteiger partial charge in [-0.15, -0.1) is 0 Å². The summed E-state index contributed by atoms with van der Waals surface area (Å²) in [6.45, 7) is 6.00. The zero-order chi connectivity index (χ0) is 24.7. The van der Waals surface area contributed by atoms with Gasteiger partial charge in [0.25, 0.3) is 0 Å². The summed E-state index contributed by atoms with van der Waals surface area (Å²) in [6, 6.07) is 15.7. The Hall–Kier alpha value is -3.74. The molecule has 0 N–H and O–H groups in total. The molecule has 1 atom stereocenters. The number of benzene rings is 3. The lowest BCUT2D eigenvalue weighted by Gasteiger charge is -2.11. The molecular weight excluding hydrogens is 451 g/mol. The second-order valence-electron chi connectivity index (χ2n) is 9.71. The number of aliphatic imine (C=N–C) groups is 1. The molecule has 1 aromatic heterocycles. The minimum Gasteiger partial charge on any atom is -0.338 e. The lowest BCUT2D eigenvalue weighted by atomic mass is 9.97. The maximum Gasteiger partial charge on any atom is 0.232 e. The van der Waals surface area contributed by atoms with Gasteiger partial charge in [-0.05, 0) is 42.2 Å². The average molecular weight is 476 g/mol. The van der Waals surface area contributed by atoms with Crippen molar-refractivity contribution in [2.75, 3.05) is 0 Å². The molecule has 0 saturated heterocycles. The first-order chi connectivity index (χ1) is 16.7. The van der Waals surface area contributed by atoms with Crippen LogP contribution in [0.1, 0.15) is 56.7 Å². The molecule has 1 aliphatic heterocycles. The van der Waals surface area contributed by atoms with E-state index in [2.05, 4.69) is 15.1 Å². The molecule has 7 heteroatoms. The smallest absolute Gasteiger partial charge is 0.232 e. The molecular formula is C28H24F3N3O. The van der Waals surface area contributed by atoms with Gasteiger partial charge in [0.2, 0.25) is 11.7 Å². The molecule has 0 bridgehead atoms. The van der Waals surface area contributed by atoms with Crippen LogP contribution in [0.3, 0.4) is 0 Å². The van der Waals surface area contributed by atoms with Crippen LogP contribution in [-0.4, -0.2) is 15.9 Å². The highest BCUT2D eigenvalue weighted by molar-refractivity contribution is 6.02. The lowest BCUT2D eigenvalue weighted by Crippen LogP contribution is -2.11. The van der Waals surface area contributed by atoms with E-state index in [1.807, 2.05) is 51.1 Å². The van der Waals surface area contributed by atoms with E-state index in [1.165, 1.54) is 24.3 Å². The minimum atomic E-state index is -0.654. The van der Waals surface area contributed by atoms with Crippen LogP contribution in [0.15, 0.2) is 70.2 Å². The third kappa shape index (κ3) is 4.50. The Kier molecular flexibility index (Phi) is 5.79. The van der Waals surface area contributed by atoms with Crippen LogP contribution < -0.4 is 0 Å². The molecule has 0 spiro atoms. The Labute approximate surface area is 201 Å². The van der Waals surface area contributed by atoms with Crippen molar-refractivity contribution in [3.8, 4) is 22.5 Å². The Morgan fingerprint density at radius 2 is 1.49 bits per heavy atom. The van der Waals surface area contributed by atoms with Gasteiger partial charge in [0.15, 0.2) is 0 Å². The van der Waals surface area contributed by atoms with Crippen molar-refractivity contribution in [2.45, 2.75) is 45.1 Å². The summed E-state index contributed by atoms with van der Waals surface area (Å²) in [5.74, 6) is -0.643. The molecule has 5 rings (SSSR count). The molecule has 0 amide bonds. The zero-order valence-electron chi connectivity index (χ0n) is 19.6. The lowest BCUT2D eigenvalue weighted by molar-refractivity contribution is 0.321. The van der Waals surface area contributed by atoms with E-state index in [-0.39, 0.29) is 11.0 Å². The van der Waals surface area contributed by atoms with Gasteiger partial charge in [-0.1, -0.05) is 68.4 Å². The first-order valence-corrected chi connectivity index (χ1v) is 11.5. The summed E-state index contributed by atoms with van der Waals surface area (Å²) in [4.78, 5) is 8.92. The van der Waals surface area contributed by atoms with E-state index < -0.39 is 23.5 Å². The second-order valence-corrected chi connectivity index (χ2v) is 9.71. The van der Waals surface area contributed by atoms with Crippen molar-refractivity contribution in [1.82, 2.24) is 10.1 Å². The van der Waals surface area contributed by atoms with Crippen molar-refractivity contribution in [1.29, 1.82) is 0 Å². The van der Waals surface area contributed by atoms with E-state index in [9.17, 15) is 8.78 Å². The monoisotopic (exact) mass is 475 g/mol. The quantitative estimate of drug-likeness (QED) is 0.308. The van der Waals surface area contributed by atoms with Crippen LogP contribution in [0.25, 0.3) is 22.5 Å². The molecule has 35 heavy (non-hydrogen) atoms. The van der Waals surface area contributed by atoms with Gasteiger partial charge in [-0.25, -0.2) is 13.2 Å². The Bertz CT molecular complexity index is 1400. The molecule has 4 aromatic rings. The third-order valence-corrected chi connectivity index (χ3v) is 6.12. The van der Waals surface area contributed by atoms with E-state index in [0.717, 1.165) is 11.1 Å². The molecule has 4 nitrogen and oxygen atoms in total. The van der Waals surface area contributed by atoms with Crippen LogP contribution in [0, 0.1) is 17.5 Å². The van der Waals surface area contributed by atoms with Crippen molar-refractivity contribution in [3.05, 3.63) is 95.1 Å². The van der Waals surface area contributed by atoms with E-state index in [0.29, 0.717) is 41.4 Å². The number of hydrogen-bond donors (Lipinski definition) is 0. The molecule has 2 heterocycles. The van der Waals surface area contributed by atoms with Gasteiger partial charge in [0, 0.05) is 22.3 Å². The Morgan fingerprint density at radius 3 is 2.11 bits per heavy atom. The summed E-state index contributed by atoms with van der Waals surface area (Å²) in [5.41, 5.74) is 2.74. The molecule has 1 unspecified atom stereocenters. The predicted molar refractivity (Wildman–Crippen MR) is 129 cm³/mol. The van der Waals surface area contributed by atoms with Crippen LogP contribution in [0.2, 0.25) is 0 Å². The van der Waals surface area contributed by atoms with Gasteiger partial charge in [-0.3, -0.25) is 4.99 Å². The van der Waals surface area contributed by atoms with E-state index in [1.54, 1.807) is 6.07 Å². The number of rotatable bonds is 4.